The molecule has 0 heterocycles. The van der Waals surface area contributed by atoms with Crippen LogP contribution in [0.15, 0.2) is 36.4 Å². The Morgan fingerprint density at radius 3 is 1.41 bits per heavy atom. The van der Waals surface area contributed by atoms with E-state index in [9.17, 15) is 19.2 Å². The van der Waals surface area contributed by atoms with Crippen LogP contribution in [0.1, 0.15) is 33.1 Å². The number of benzene rings is 2. The summed E-state index contributed by atoms with van der Waals surface area (Å²) in [6, 6.07) is 9.09. The molecule has 4 amide bonds. The molecule has 4 N–H and O–H groups in total. The van der Waals surface area contributed by atoms with Crippen LogP contribution in [0, 0.1) is 0 Å². The fourth-order valence-electron chi connectivity index (χ4n) is 2.63. The van der Waals surface area contributed by atoms with Gasteiger partial charge in [-0.15, -0.1) is 0 Å². The van der Waals surface area contributed by atoms with E-state index in [4.69, 9.17) is 55.9 Å². The third-order valence-corrected chi connectivity index (χ3v) is 5.65. The van der Waals surface area contributed by atoms with E-state index < -0.39 is 35.8 Å². The molecule has 0 aromatic heterocycles. The van der Waals surface area contributed by atoms with E-state index in [1.165, 1.54) is 38.1 Å². The lowest BCUT2D eigenvalue weighted by Crippen LogP contribution is -2.47. The minimum atomic E-state index is -0.963. The van der Waals surface area contributed by atoms with Gasteiger partial charge in [-0.25, -0.2) is 0 Å². The number of ether oxygens (including phenoxy) is 2. The largest absolute Gasteiger partial charge is 0.479 e. The smallest absolute Gasteiger partial charge is 0.279 e. The molecule has 2 unspecified atom stereocenters. The van der Waals surface area contributed by atoms with E-state index in [-0.39, 0.29) is 40.8 Å². The summed E-state index contributed by atoms with van der Waals surface area (Å²) in [7, 11) is 0. The van der Waals surface area contributed by atoms with Gasteiger partial charge in [-0.3, -0.25) is 40.9 Å². The molecule has 0 aliphatic rings. The molecule has 0 saturated carbocycles. The summed E-state index contributed by atoms with van der Waals surface area (Å²) < 4.78 is 10.9. The summed E-state index contributed by atoms with van der Waals surface area (Å²) in [5.41, 5.74) is 8.93. The highest BCUT2D eigenvalue weighted by Gasteiger charge is 2.18. The normalized spacial score (nSPS) is 12.1. The second-order valence-electron chi connectivity index (χ2n) is 7.60. The zero-order chi connectivity index (χ0) is 27.5. The fraction of sp³-hybridized carbons (Fsp3) is 0.304. The summed E-state index contributed by atoms with van der Waals surface area (Å²) in [6.45, 7) is 2.95. The molecule has 2 aromatic rings. The first-order valence-electron chi connectivity index (χ1n) is 10.9. The number of halogens is 4. The minimum absolute atomic E-state index is 0.0610. The predicted octanol–water partition coefficient (Wildman–Crippen LogP) is 4.00. The van der Waals surface area contributed by atoms with Gasteiger partial charge in [0.2, 0.25) is 11.8 Å². The van der Waals surface area contributed by atoms with E-state index in [2.05, 4.69) is 21.7 Å². The van der Waals surface area contributed by atoms with Crippen LogP contribution in [0.3, 0.4) is 0 Å². The second kappa shape index (κ2) is 14.7. The predicted molar refractivity (Wildman–Crippen MR) is 140 cm³/mol. The Bertz CT molecular complexity index is 1060. The van der Waals surface area contributed by atoms with Crippen LogP contribution >= 0.6 is 46.4 Å². The van der Waals surface area contributed by atoms with Crippen molar-refractivity contribution in [3.8, 4) is 11.5 Å². The highest BCUT2D eigenvalue weighted by Crippen LogP contribution is 2.29. The molecular formula is C23H24Cl4N4O6. The molecule has 2 rings (SSSR count). The van der Waals surface area contributed by atoms with Crippen LogP contribution in [-0.4, -0.2) is 35.8 Å². The number of carbonyl (C=O) groups excluding carboxylic acids is 4. The van der Waals surface area contributed by atoms with Gasteiger partial charge >= 0.3 is 0 Å². The molecule has 0 bridgehead atoms. The van der Waals surface area contributed by atoms with Crippen LogP contribution in [-0.2, 0) is 19.2 Å². The number of carbonyl (C=O) groups is 4. The van der Waals surface area contributed by atoms with Gasteiger partial charge in [-0.2, -0.15) is 0 Å². The van der Waals surface area contributed by atoms with Crippen molar-refractivity contribution in [3.05, 3.63) is 56.5 Å². The molecule has 37 heavy (non-hydrogen) atoms. The van der Waals surface area contributed by atoms with Gasteiger partial charge in [0.05, 0.1) is 10.0 Å². The van der Waals surface area contributed by atoms with E-state index in [0.29, 0.717) is 10.0 Å². The van der Waals surface area contributed by atoms with Crippen molar-refractivity contribution in [1.82, 2.24) is 21.7 Å². The molecule has 0 fully saturated rings. The van der Waals surface area contributed by atoms with Gasteiger partial charge in [-0.1, -0.05) is 46.4 Å². The van der Waals surface area contributed by atoms with Gasteiger partial charge in [0, 0.05) is 22.9 Å². The number of amides is 4. The van der Waals surface area contributed by atoms with Gasteiger partial charge in [-0.05, 0) is 56.7 Å². The van der Waals surface area contributed by atoms with Gasteiger partial charge in [0.25, 0.3) is 11.8 Å². The zero-order valence-electron chi connectivity index (χ0n) is 19.7. The van der Waals surface area contributed by atoms with Crippen molar-refractivity contribution in [2.24, 2.45) is 0 Å². The first-order valence-corrected chi connectivity index (χ1v) is 12.4. The van der Waals surface area contributed by atoms with Crippen molar-refractivity contribution in [1.29, 1.82) is 0 Å². The third kappa shape index (κ3) is 10.5. The van der Waals surface area contributed by atoms with E-state index in [1.807, 2.05) is 0 Å². The van der Waals surface area contributed by atoms with Gasteiger partial charge in [0.1, 0.15) is 11.5 Å². The van der Waals surface area contributed by atoms with Crippen LogP contribution in [0.2, 0.25) is 20.1 Å². The molecule has 0 spiro atoms. The van der Waals surface area contributed by atoms with Crippen molar-refractivity contribution < 1.29 is 28.7 Å². The van der Waals surface area contributed by atoms with E-state index >= 15 is 0 Å². The lowest BCUT2D eigenvalue weighted by atomic mass is 10.2. The monoisotopic (exact) mass is 592 g/mol. The topological polar surface area (TPSA) is 135 Å². The molecule has 2 aromatic carbocycles. The molecule has 0 radical (unpaired) electrons. The lowest BCUT2D eigenvalue weighted by molar-refractivity contribution is -0.133. The molecule has 14 heteroatoms. The third-order valence-electron chi connectivity index (χ3n) is 4.59. The fourth-order valence-corrected chi connectivity index (χ4v) is 3.54. The highest BCUT2D eigenvalue weighted by atomic mass is 35.5. The highest BCUT2D eigenvalue weighted by molar-refractivity contribution is 6.36. The SMILES string of the molecule is CC(Oc1ccc(Cl)cc1Cl)C(=O)NNC(=O)CCCC(=O)NNC(=O)C(C)Oc1ccc(Cl)cc1Cl. The molecule has 0 aliphatic heterocycles. The minimum Gasteiger partial charge on any atom is -0.479 e. The molecule has 10 nitrogen and oxygen atoms in total. The Kier molecular flexibility index (Phi) is 12.1. The van der Waals surface area contributed by atoms with Crippen molar-refractivity contribution >= 4 is 70.0 Å². The molecule has 0 aliphatic carbocycles. The van der Waals surface area contributed by atoms with Gasteiger partial charge in [0.15, 0.2) is 12.2 Å². The van der Waals surface area contributed by atoms with Crippen LogP contribution in [0.25, 0.3) is 0 Å². The van der Waals surface area contributed by atoms with Crippen molar-refractivity contribution in [2.45, 2.75) is 45.3 Å². The quantitative estimate of drug-likeness (QED) is 0.308. The average Bonchev–Trinajstić information content (AvgIpc) is 2.84. The summed E-state index contributed by atoms with van der Waals surface area (Å²) >= 11 is 23.6. The second-order valence-corrected chi connectivity index (χ2v) is 9.29. The molecule has 0 saturated heterocycles. The number of rotatable bonds is 10. The summed E-state index contributed by atoms with van der Waals surface area (Å²) in [5.74, 6) is -1.76. The lowest BCUT2D eigenvalue weighted by Gasteiger charge is -2.16. The Labute approximate surface area is 233 Å². The van der Waals surface area contributed by atoms with Gasteiger partial charge < -0.3 is 9.47 Å². The maximum Gasteiger partial charge on any atom is 0.279 e. The Morgan fingerprint density at radius 2 is 1.05 bits per heavy atom. The van der Waals surface area contributed by atoms with Crippen LogP contribution < -0.4 is 31.2 Å². The van der Waals surface area contributed by atoms with E-state index in [1.54, 1.807) is 12.1 Å². The number of hydrogen-bond donors (Lipinski definition) is 4. The Hall–Kier alpha value is -2.92. The summed E-state index contributed by atoms with van der Waals surface area (Å²) in [5, 5.41) is 1.30. The molecule has 2 atom stereocenters. The maximum atomic E-state index is 12.1. The summed E-state index contributed by atoms with van der Waals surface area (Å²) in [6.07, 6.45) is -1.89. The first kappa shape index (κ1) is 30.3. The average molecular weight is 594 g/mol. The first-order chi connectivity index (χ1) is 17.5. The Morgan fingerprint density at radius 1 is 0.676 bits per heavy atom. The molecule has 200 valence electrons. The van der Waals surface area contributed by atoms with E-state index in [0.717, 1.165) is 0 Å². The molecular weight excluding hydrogens is 570 g/mol. The number of hydrazine groups is 2. The number of hydrogen-bond acceptors (Lipinski definition) is 6. The van der Waals surface area contributed by atoms with Crippen LogP contribution in [0.5, 0.6) is 11.5 Å². The van der Waals surface area contributed by atoms with Crippen LogP contribution in [0.4, 0.5) is 0 Å². The standard InChI is InChI=1S/C23H24Cl4N4O6/c1-12(36-18-8-6-14(24)10-16(18)26)22(34)30-28-20(32)4-3-5-21(33)29-31-23(35)13(2)37-19-9-7-15(25)11-17(19)27/h6-13H,3-5H2,1-2H3,(H,28,32)(H,29,33)(H,30,34)(H,31,35). The zero-order valence-corrected chi connectivity index (χ0v) is 22.7. The maximum absolute atomic E-state index is 12.1. The number of nitrogens with one attached hydrogen (secondary N) is 4. The van der Waals surface area contributed by atoms with Crippen molar-refractivity contribution in [3.63, 3.8) is 0 Å². The Balaban J connectivity index is 1.63. The van der Waals surface area contributed by atoms with Crippen molar-refractivity contribution in [2.75, 3.05) is 0 Å². The summed E-state index contributed by atoms with van der Waals surface area (Å²) in [4.78, 5) is 48.1.